The minimum atomic E-state index is 0.651. The van der Waals surface area contributed by atoms with E-state index < -0.39 is 0 Å². The summed E-state index contributed by atoms with van der Waals surface area (Å²) < 4.78 is 5.78. The van der Waals surface area contributed by atoms with Gasteiger partial charge in [0.25, 0.3) is 0 Å². The Labute approximate surface area is 117 Å². The maximum absolute atomic E-state index is 6.14. The van der Waals surface area contributed by atoms with Crippen molar-refractivity contribution in [1.82, 2.24) is 0 Å². The lowest BCUT2D eigenvalue weighted by Crippen LogP contribution is -2.82. The molecule has 0 aliphatic heterocycles. The molecule has 0 spiro atoms. The van der Waals surface area contributed by atoms with Crippen LogP contribution >= 0.6 is 23.2 Å². The first-order valence-corrected chi connectivity index (χ1v) is 6.82. The molecule has 0 saturated heterocycles. The molecule has 96 valence electrons. The second-order valence-electron chi connectivity index (χ2n) is 4.17. The molecule has 4 heteroatoms. The molecule has 1 aromatic heterocycles. The molecule has 0 radical (unpaired) electrons. The van der Waals surface area contributed by atoms with Crippen molar-refractivity contribution in [2.75, 3.05) is 6.54 Å². The standard InChI is InChI=1S/C14H15Cl2NO/c1-2-7-17-9-11-4-6-14(18-11)12-8-10(15)3-5-13(12)16/h3-6,8,17H,2,7,9H2,1H3/p+1. The van der Waals surface area contributed by atoms with Crippen molar-refractivity contribution >= 4 is 23.2 Å². The molecule has 2 rings (SSSR count). The highest BCUT2D eigenvalue weighted by Crippen LogP contribution is 2.31. The SMILES string of the molecule is CCC[NH2+]Cc1ccc(-c2cc(Cl)ccc2Cl)o1. The van der Waals surface area contributed by atoms with Crippen molar-refractivity contribution in [2.24, 2.45) is 0 Å². The van der Waals surface area contributed by atoms with Crippen molar-refractivity contribution in [3.63, 3.8) is 0 Å². The number of furan rings is 1. The van der Waals surface area contributed by atoms with Crippen LogP contribution in [0.5, 0.6) is 0 Å². The lowest BCUT2D eigenvalue weighted by Gasteiger charge is -2.01. The van der Waals surface area contributed by atoms with Crippen LogP contribution in [0.4, 0.5) is 0 Å². The Hall–Kier alpha value is -0.960. The maximum atomic E-state index is 6.14. The van der Waals surface area contributed by atoms with Gasteiger partial charge in [0.2, 0.25) is 0 Å². The van der Waals surface area contributed by atoms with Gasteiger partial charge in [-0.05, 0) is 36.8 Å². The molecular weight excluding hydrogens is 269 g/mol. The van der Waals surface area contributed by atoms with Crippen molar-refractivity contribution in [1.29, 1.82) is 0 Å². The van der Waals surface area contributed by atoms with E-state index in [1.165, 1.54) is 0 Å². The fraction of sp³-hybridized carbons (Fsp3) is 0.286. The van der Waals surface area contributed by atoms with Crippen LogP contribution < -0.4 is 5.32 Å². The van der Waals surface area contributed by atoms with Crippen LogP contribution in [0.3, 0.4) is 0 Å². The first kappa shape index (κ1) is 13.5. The van der Waals surface area contributed by atoms with Crippen molar-refractivity contribution in [3.8, 4) is 11.3 Å². The summed E-state index contributed by atoms with van der Waals surface area (Å²) in [7, 11) is 0. The largest absolute Gasteiger partial charge is 0.455 e. The summed E-state index contributed by atoms with van der Waals surface area (Å²) >= 11 is 12.1. The van der Waals surface area contributed by atoms with E-state index in [1.54, 1.807) is 12.1 Å². The van der Waals surface area contributed by atoms with E-state index in [1.807, 2.05) is 18.2 Å². The zero-order chi connectivity index (χ0) is 13.0. The first-order valence-electron chi connectivity index (χ1n) is 6.06. The number of quaternary nitrogens is 1. The molecule has 0 aliphatic rings. The van der Waals surface area contributed by atoms with E-state index in [0.717, 1.165) is 36.6 Å². The minimum Gasteiger partial charge on any atom is -0.455 e. The summed E-state index contributed by atoms with van der Waals surface area (Å²) in [6.07, 6.45) is 1.16. The molecule has 0 unspecified atom stereocenters. The summed E-state index contributed by atoms with van der Waals surface area (Å²) in [6, 6.07) is 9.30. The molecule has 0 atom stereocenters. The molecule has 18 heavy (non-hydrogen) atoms. The van der Waals surface area contributed by atoms with E-state index in [9.17, 15) is 0 Å². The van der Waals surface area contributed by atoms with Gasteiger partial charge >= 0.3 is 0 Å². The van der Waals surface area contributed by atoms with Gasteiger partial charge in [0.05, 0.1) is 11.6 Å². The predicted molar refractivity (Wildman–Crippen MR) is 75.0 cm³/mol. The summed E-state index contributed by atoms with van der Waals surface area (Å²) in [6.45, 7) is 4.12. The minimum absolute atomic E-state index is 0.651. The zero-order valence-electron chi connectivity index (χ0n) is 10.2. The van der Waals surface area contributed by atoms with Crippen LogP contribution in [0.15, 0.2) is 34.7 Å². The van der Waals surface area contributed by atoms with Gasteiger partial charge in [0, 0.05) is 10.6 Å². The fourth-order valence-corrected chi connectivity index (χ4v) is 2.15. The van der Waals surface area contributed by atoms with E-state index in [4.69, 9.17) is 27.6 Å². The van der Waals surface area contributed by atoms with Crippen LogP contribution in [0.1, 0.15) is 19.1 Å². The molecule has 0 bridgehead atoms. The second-order valence-corrected chi connectivity index (χ2v) is 5.02. The lowest BCUT2D eigenvalue weighted by molar-refractivity contribution is -0.672. The highest BCUT2D eigenvalue weighted by Gasteiger charge is 2.10. The smallest absolute Gasteiger partial charge is 0.158 e. The molecule has 0 saturated carbocycles. The van der Waals surface area contributed by atoms with Gasteiger partial charge in [-0.15, -0.1) is 0 Å². The van der Waals surface area contributed by atoms with E-state index in [-0.39, 0.29) is 0 Å². The van der Waals surface area contributed by atoms with Crippen molar-refractivity contribution in [3.05, 3.63) is 46.1 Å². The van der Waals surface area contributed by atoms with Gasteiger partial charge in [-0.2, -0.15) is 0 Å². The van der Waals surface area contributed by atoms with Crippen LogP contribution in [0, 0.1) is 0 Å². The molecule has 0 fully saturated rings. The van der Waals surface area contributed by atoms with E-state index in [2.05, 4.69) is 12.2 Å². The Morgan fingerprint density at radius 1 is 1.17 bits per heavy atom. The van der Waals surface area contributed by atoms with Crippen molar-refractivity contribution in [2.45, 2.75) is 19.9 Å². The fourth-order valence-electron chi connectivity index (χ4n) is 1.77. The lowest BCUT2D eigenvalue weighted by atomic mass is 10.2. The zero-order valence-corrected chi connectivity index (χ0v) is 11.8. The van der Waals surface area contributed by atoms with Gasteiger partial charge < -0.3 is 9.73 Å². The Morgan fingerprint density at radius 3 is 2.78 bits per heavy atom. The molecule has 2 aromatic rings. The van der Waals surface area contributed by atoms with Crippen LogP contribution in [-0.2, 0) is 6.54 Å². The number of hydrogen-bond donors (Lipinski definition) is 1. The molecule has 1 aromatic carbocycles. The van der Waals surface area contributed by atoms with Crippen LogP contribution in [0.25, 0.3) is 11.3 Å². The third-order valence-corrected chi connectivity index (χ3v) is 3.26. The average molecular weight is 285 g/mol. The summed E-state index contributed by atoms with van der Waals surface area (Å²) in [5.74, 6) is 1.72. The number of halogens is 2. The molecule has 2 nitrogen and oxygen atoms in total. The Morgan fingerprint density at radius 2 is 2.00 bits per heavy atom. The third kappa shape index (κ3) is 3.29. The average Bonchev–Trinajstić information content (AvgIpc) is 2.81. The molecule has 2 N–H and O–H groups in total. The van der Waals surface area contributed by atoms with Gasteiger partial charge in [0.15, 0.2) is 5.76 Å². The highest BCUT2D eigenvalue weighted by atomic mass is 35.5. The Bertz CT molecular complexity index is 522. The van der Waals surface area contributed by atoms with E-state index >= 15 is 0 Å². The number of nitrogens with two attached hydrogens (primary N) is 1. The summed E-state index contributed by atoms with van der Waals surface area (Å²) in [5, 5.41) is 3.53. The normalized spacial score (nSPS) is 10.8. The number of benzene rings is 1. The molecule has 0 amide bonds. The van der Waals surface area contributed by atoms with Crippen LogP contribution in [-0.4, -0.2) is 6.54 Å². The monoisotopic (exact) mass is 284 g/mol. The topological polar surface area (TPSA) is 29.8 Å². The summed E-state index contributed by atoms with van der Waals surface area (Å²) in [5.41, 5.74) is 0.839. The third-order valence-electron chi connectivity index (χ3n) is 2.69. The molecular formula is C14H16Cl2NO+. The van der Waals surface area contributed by atoms with Gasteiger partial charge in [0.1, 0.15) is 12.3 Å². The predicted octanol–water partition coefficient (Wildman–Crippen LogP) is 3.73. The van der Waals surface area contributed by atoms with Gasteiger partial charge in [-0.1, -0.05) is 30.1 Å². The highest BCUT2D eigenvalue weighted by molar-refractivity contribution is 6.35. The maximum Gasteiger partial charge on any atom is 0.158 e. The molecule has 1 heterocycles. The molecule has 0 aliphatic carbocycles. The Balaban J connectivity index is 2.16. The first-order chi connectivity index (χ1) is 8.70. The Kier molecular flexibility index (Phi) is 4.70. The summed E-state index contributed by atoms with van der Waals surface area (Å²) in [4.78, 5) is 0. The van der Waals surface area contributed by atoms with Gasteiger partial charge in [-0.25, -0.2) is 0 Å². The number of hydrogen-bond acceptors (Lipinski definition) is 1. The quantitative estimate of drug-likeness (QED) is 0.833. The second kappa shape index (κ2) is 6.28. The van der Waals surface area contributed by atoms with E-state index in [0.29, 0.717) is 10.0 Å². The van der Waals surface area contributed by atoms with Crippen molar-refractivity contribution < 1.29 is 9.73 Å². The van der Waals surface area contributed by atoms with Gasteiger partial charge in [-0.3, -0.25) is 0 Å². The van der Waals surface area contributed by atoms with Crippen LogP contribution in [0.2, 0.25) is 10.0 Å². The number of rotatable bonds is 5.